The van der Waals surface area contributed by atoms with E-state index >= 15 is 0 Å². The summed E-state index contributed by atoms with van der Waals surface area (Å²) in [5.41, 5.74) is 6.93. The van der Waals surface area contributed by atoms with Crippen LogP contribution in [0.25, 0.3) is 0 Å². The molecule has 1 aromatic carbocycles. The first-order chi connectivity index (χ1) is 15.9. The summed E-state index contributed by atoms with van der Waals surface area (Å²) in [6, 6.07) is 2.98. The fourth-order valence-corrected chi connectivity index (χ4v) is 4.95. The summed E-state index contributed by atoms with van der Waals surface area (Å²) in [4.78, 5) is 38.0. The van der Waals surface area contributed by atoms with Gasteiger partial charge in [0.05, 0.1) is 30.9 Å². The van der Waals surface area contributed by atoms with Crippen molar-refractivity contribution in [2.24, 2.45) is 5.73 Å². The number of anilines is 1. The lowest BCUT2D eigenvalue weighted by atomic mass is 10.1. The summed E-state index contributed by atoms with van der Waals surface area (Å²) in [6.07, 6.45) is 2.58. The second-order valence-corrected chi connectivity index (χ2v) is 8.26. The van der Waals surface area contributed by atoms with Crippen molar-refractivity contribution in [2.45, 2.75) is 40.0 Å². The first-order valence-corrected chi connectivity index (χ1v) is 11.7. The molecule has 2 aromatic rings. The predicted molar refractivity (Wildman–Crippen MR) is 124 cm³/mol. The van der Waals surface area contributed by atoms with Crippen LogP contribution in [0.2, 0.25) is 0 Å². The molecule has 0 saturated heterocycles. The summed E-state index contributed by atoms with van der Waals surface area (Å²) >= 11 is 1.34. The Morgan fingerprint density at radius 1 is 1.00 bits per heavy atom. The average molecular weight is 477 g/mol. The molecule has 0 saturated carbocycles. The minimum atomic E-state index is -0.723. The van der Waals surface area contributed by atoms with Crippen molar-refractivity contribution < 1.29 is 33.3 Å². The number of carbonyl (C=O) groups excluding carboxylic acids is 3. The van der Waals surface area contributed by atoms with Gasteiger partial charge < -0.3 is 30.0 Å². The number of carbonyl (C=O) groups is 3. The van der Waals surface area contributed by atoms with Crippen LogP contribution < -0.4 is 25.3 Å². The van der Waals surface area contributed by atoms with E-state index in [1.165, 1.54) is 23.5 Å². The lowest BCUT2D eigenvalue weighted by Crippen LogP contribution is -2.22. The molecule has 0 unspecified atom stereocenters. The molecule has 1 aliphatic rings. The third-order valence-electron chi connectivity index (χ3n) is 4.90. The van der Waals surface area contributed by atoms with E-state index in [2.05, 4.69) is 5.32 Å². The van der Waals surface area contributed by atoms with Crippen molar-refractivity contribution in [2.75, 3.05) is 31.7 Å². The number of esters is 1. The van der Waals surface area contributed by atoms with Gasteiger partial charge in [0.25, 0.3) is 11.8 Å². The van der Waals surface area contributed by atoms with E-state index in [9.17, 15) is 14.4 Å². The third-order valence-corrected chi connectivity index (χ3v) is 6.11. The number of hydrogen-bond acceptors (Lipinski definition) is 8. The van der Waals surface area contributed by atoms with E-state index in [0.717, 1.165) is 29.7 Å². The van der Waals surface area contributed by atoms with Gasteiger partial charge in [0, 0.05) is 4.88 Å². The normalized spacial score (nSPS) is 12.1. The lowest BCUT2D eigenvalue weighted by Gasteiger charge is -2.16. The zero-order chi connectivity index (χ0) is 24.0. The minimum Gasteiger partial charge on any atom is -0.490 e. The molecule has 0 bridgehead atoms. The standard InChI is InChI=1S/C23H28N2O7S/c1-4-29-15-10-13(11-16(30-5-2)20(15)31-6-3)23(28)32-12-18(26)25-22-19(21(24)27)14-8-7-9-17(14)33-22/h10-11H,4-9,12H2,1-3H3,(H2,24,27)(H,25,26). The fraction of sp³-hybridized carbons (Fsp3) is 0.435. The van der Waals surface area contributed by atoms with Gasteiger partial charge in [-0.25, -0.2) is 4.79 Å². The first-order valence-electron chi connectivity index (χ1n) is 10.9. The summed E-state index contributed by atoms with van der Waals surface area (Å²) in [6.45, 7) is 6.04. The Balaban J connectivity index is 1.71. The largest absolute Gasteiger partial charge is 0.490 e. The van der Waals surface area contributed by atoms with Gasteiger partial charge in [0.15, 0.2) is 18.1 Å². The number of hydrogen-bond donors (Lipinski definition) is 2. The van der Waals surface area contributed by atoms with E-state index in [0.29, 0.717) is 47.6 Å². The average Bonchev–Trinajstić information content (AvgIpc) is 3.35. The Morgan fingerprint density at radius 3 is 2.21 bits per heavy atom. The molecule has 9 nitrogen and oxygen atoms in total. The van der Waals surface area contributed by atoms with Gasteiger partial charge in [0.1, 0.15) is 5.00 Å². The van der Waals surface area contributed by atoms with E-state index in [4.69, 9.17) is 24.7 Å². The molecule has 3 N–H and O–H groups in total. The van der Waals surface area contributed by atoms with Crippen molar-refractivity contribution in [3.63, 3.8) is 0 Å². The molecular formula is C23H28N2O7S. The minimum absolute atomic E-state index is 0.158. The lowest BCUT2D eigenvalue weighted by molar-refractivity contribution is -0.119. The van der Waals surface area contributed by atoms with Gasteiger partial charge >= 0.3 is 5.97 Å². The van der Waals surface area contributed by atoms with Gasteiger partial charge in [-0.05, 0) is 57.7 Å². The quantitative estimate of drug-likeness (QED) is 0.476. The molecule has 2 amide bonds. The number of nitrogens with one attached hydrogen (secondary N) is 1. The molecule has 33 heavy (non-hydrogen) atoms. The van der Waals surface area contributed by atoms with Crippen molar-refractivity contribution >= 4 is 34.1 Å². The third kappa shape index (κ3) is 5.57. The molecule has 0 spiro atoms. The molecular weight excluding hydrogens is 448 g/mol. The van der Waals surface area contributed by atoms with Crippen LogP contribution in [0.5, 0.6) is 17.2 Å². The van der Waals surface area contributed by atoms with Gasteiger partial charge in [-0.1, -0.05) is 0 Å². The van der Waals surface area contributed by atoms with Gasteiger partial charge in [-0.2, -0.15) is 0 Å². The monoisotopic (exact) mass is 476 g/mol. The van der Waals surface area contributed by atoms with E-state index < -0.39 is 24.4 Å². The Bertz CT molecular complexity index is 1020. The number of aryl methyl sites for hydroxylation is 1. The van der Waals surface area contributed by atoms with Crippen LogP contribution >= 0.6 is 11.3 Å². The highest BCUT2D eigenvalue weighted by Gasteiger charge is 2.26. The van der Waals surface area contributed by atoms with Crippen LogP contribution in [-0.2, 0) is 22.4 Å². The highest BCUT2D eigenvalue weighted by atomic mass is 32.1. The molecule has 1 aromatic heterocycles. The van der Waals surface area contributed by atoms with Gasteiger partial charge in [0.2, 0.25) is 5.75 Å². The Labute approximate surface area is 196 Å². The highest BCUT2D eigenvalue weighted by molar-refractivity contribution is 7.17. The van der Waals surface area contributed by atoms with Crippen LogP contribution in [0.15, 0.2) is 12.1 Å². The maximum atomic E-state index is 12.6. The maximum absolute atomic E-state index is 12.6. The molecule has 0 radical (unpaired) electrons. The van der Waals surface area contributed by atoms with Crippen LogP contribution in [0.1, 0.15) is 58.3 Å². The first kappa shape index (κ1) is 24.4. The number of primary amides is 1. The van der Waals surface area contributed by atoms with E-state index in [1.807, 2.05) is 20.8 Å². The van der Waals surface area contributed by atoms with Crippen LogP contribution in [-0.4, -0.2) is 44.2 Å². The number of benzene rings is 1. The van der Waals surface area contributed by atoms with Crippen molar-refractivity contribution in [1.29, 1.82) is 0 Å². The number of thiophene rings is 1. The second-order valence-electron chi connectivity index (χ2n) is 7.15. The number of rotatable bonds is 11. The number of ether oxygens (including phenoxy) is 4. The molecule has 0 aliphatic heterocycles. The predicted octanol–water partition coefficient (Wildman–Crippen LogP) is 3.33. The number of nitrogens with two attached hydrogens (primary N) is 1. The molecule has 10 heteroatoms. The summed E-state index contributed by atoms with van der Waals surface area (Å²) in [5.74, 6) is -0.768. The van der Waals surface area contributed by atoms with Crippen molar-refractivity contribution in [1.82, 2.24) is 0 Å². The van der Waals surface area contributed by atoms with Crippen molar-refractivity contribution in [3.8, 4) is 17.2 Å². The maximum Gasteiger partial charge on any atom is 0.338 e. The molecule has 1 heterocycles. The SMILES string of the molecule is CCOc1cc(C(=O)OCC(=O)Nc2sc3c(c2C(N)=O)CCC3)cc(OCC)c1OCC. The second kappa shape index (κ2) is 11.0. The summed E-state index contributed by atoms with van der Waals surface area (Å²) in [5, 5.41) is 3.04. The van der Waals surface area contributed by atoms with E-state index in [-0.39, 0.29) is 5.56 Å². The van der Waals surface area contributed by atoms with Gasteiger partial charge in [-0.3, -0.25) is 9.59 Å². The Morgan fingerprint density at radius 2 is 1.64 bits per heavy atom. The molecule has 3 rings (SSSR count). The summed E-state index contributed by atoms with van der Waals surface area (Å²) < 4.78 is 22.0. The van der Waals surface area contributed by atoms with Crippen LogP contribution in [0, 0.1) is 0 Å². The molecule has 178 valence electrons. The highest BCUT2D eigenvalue weighted by Crippen LogP contribution is 2.40. The topological polar surface area (TPSA) is 126 Å². The Hall–Kier alpha value is -3.27. The molecule has 0 fully saturated rings. The zero-order valence-electron chi connectivity index (χ0n) is 18.9. The molecule has 1 aliphatic carbocycles. The number of fused-ring (bicyclic) bond motifs is 1. The fourth-order valence-electron chi connectivity index (χ4n) is 3.64. The van der Waals surface area contributed by atoms with Crippen LogP contribution in [0.3, 0.4) is 0 Å². The molecule has 0 atom stereocenters. The smallest absolute Gasteiger partial charge is 0.338 e. The Kier molecular flexibility index (Phi) is 8.16. The zero-order valence-corrected chi connectivity index (χ0v) is 19.8. The van der Waals surface area contributed by atoms with Gasteiger partial charge in [-0.15, -0.1) is 11.3 Å². The van der Waals surface area contributed by atoms with Crippen molar-refractivity contribution in [3.05, 3.63) is 33.7 Å². The van der Waals surface area contributed by atoms with E-state index in [1.54, 1.807) is 0 Å². The number of amides is 2. The van der Waals surface area contributed by atoms with Crippen LogP contribution in [0.4, 0.5) is 5.00 Å². The summed E-state index contributed by atoms with van der Waals surface area (Å²) in [7, 11) is 0.